The highest BCUT2D eigenvalue weighted by molar-refractivity contribution is 8.22. The van der Waals surface area contributed by atoms with Gasteiger partial charge in [0.2, 0.25) is 0 Å². The minimum atomic E-state index is 0.736. The van der Waals surface area contributed by atoms with Crippen molar-refractivity contribution in [2.75, 3.05) is 6.26 Å². The summed E-state index contributed by atoms with van der Waals surface area (Å²) in [7, 11) is 0. The van der Waals surface area contributed by atoms with Crippen LogP contribution in [-0.4, -0.2) is 10.6 Å². The van der Waals surface area contributed by atoms with Crippen molar-refractivity contribution >= 4 is 39.9 Å². The molecule has 0 saturated heterocycles. The van der Waals surface area contributed by atoms with E-state index in [4.69, 9.17) is 23.8 Å². The topological polar surface area (TPSA) is 12.0 Å². The van der Waals surface area contributed by atoms with Gasteiger partial charge in [-0.15, -0.1) is 11.8 Å². The van der Waals surface area contributed by atoms with Gasteiger partial charge in [-0.25, -0.2) is 0 Å². The third kappa shape index (κ3) is 3.98. The Labute approximate surface area is 92.9 Å². The standard InChI is InChI=1S/C9H10ClNS2/c1-13-9(12)11-6-7-3-2-4-8(10)5-7/h2-5H,6H2,1H3,(H,11,12). The van der Waals surface area contributed by atoms with Crippen molar-refractivity contribution in [3.8, 4) is 0 Å². The predicted octanol–water partition coefficient (Wildman–Crippen LogP) is 3.08. The number of halogens is 1. The van der Waals surface area contributed by atoms with Crippen molar-refractivity contribution in [2.24, 2.45) is 0 Å². The predicted molar refractivity (Wildman–Crippen MR) is 64.4 cm³/mol. The highest BCUT2D eigenvalue weighted by atomic mass is 35.5. The number of rotatable bonds is 2. The molecule has 1 nitrogen and oxygen atoms in total. The first kappa shape index (κ1) is 10.8. The van der Waals surface area contributed by atoms with Gasteiger partial charge >= 0.3 is 0 Å². The van der Waals surface area contributed by atoms with Crippen molar-refractivity contribution in [1.82, 2.24) is 5.32 Å². The van der Waals surface area contributed by atoms with Gasteiger partial charge in [0.05, 0.1) is 0 Å². The molecule has 0 aliphatic rings. The van der Waals surface area contributed by atoms with Gasteiger partial charge in [0, 0.05) is 11.6 Å². The molecule has 0 unspecified atom stereocenters. The average Bonchev–Trinajstić information content (AvgIpc) is 2.14. The molecule has 0 saturated carbocycles. The van der Waals surface area contributed by atoms with Crippen LogP contribution >= 0.6 is 35.6 Å². The zero-order valence-electron chi connectivity index (χ0n) is 7.21. The molecule has 0 amide bonds. The summed E-state index contributed by atoms with van der Waals surface area (Å²) in [6.45, 7) is 0.736. The lowest BCUT2D eigenvalue weighted by Gasteiger charge is -2.05. The number of thioether (sulfide) groups is 1. The first-order valence-corrected chi connectivity index (χ1v) is 5.79. The molecule has 0 heterocycles. The molecule has 4 heteroatoms. The number of nitrogens with one attached hydrogen (secondary N) is 1. The summed E-state index contributed by atoms with van der Waals surface area (Å²) in [6, 6.07) is 7.73. The molecule has 1 aromatic carbocycles. The van der Waals surface area contributed by atoms with Crippen molar-refractivity contribution in [1.29, 1.82) is 0 Å². The van der Waals surface area contributed by atoms with E-state index in [1.54, 1.807) is 0 Å². The molecule has 13 heavy (non-hydrogen) atoms. The van der Waals surface area contributed by atoms with Crippen LogP contribution in [0.4, 0.5) is 0 Å². The Balaban J connectivity index is 2.50. The quantitative estimate of drug-likeness (QED) is 0.786. The minimum absolute atomic E-state index is 0.736. The maximum absolute atomic E-state index is 5.83. The fourth-order valence-corrected chi connectivity index (χ4v) is 1.39. The smallest absolute Gasteiger partial charge is 0.133 e. The Morgan fingerprint density at radius 2 is 2.38 bits per heavy atom. The zero-order valence-corrected chi connectivity index (χ0v) is 9.60. The average molecular weight is 232 g/mol. The van der Waals surface area contributed by atoms with E-state index in [9.17, 15) is 0 Å². The molecular weight excluding hydrogens is 222 g/mol. The zero-order chi connectivity index (χ0) is 9.68. The van der Waals surface area contributed by atoms with Crippen LogP contribution in [0.1, 0.15) is 5.56 Å². The molecule has 0 bridgehead atoms. The van der Waals surface area contributed by atoms with Crippen LogP contribution in [0.3, 0.4) is 0 Å². The van der Waals surface area contributed by atoms with Gasteiger partial charge in [-0.1, -0.05) is 36.0 Å². The highest BCUT2D eigenvalue weighted by Gasteiger charge is 1.95. The van der Waals surface area contributed by atoms with Crippen LogP contribution in [0.5, 0.6) is 0 Å². The first-order chi connectivity index (χ1) is 6.22. The van der Waals surface area contributed by atoms with Crippen molar-refractivity contribution in [2.45, 2.75) is 6.54 Å². The van der Waals surface area contributed by atoms with Gasteiger partial charge in [0.25, 0.3) is 0 Å². The summed E-state index contributed by atoms with van der Waals surface area (Å²) in [5.41, 5.74) is 1.14. The third-order valence-corrected chi connectivity index (χ3v) is 2.91. The monoisotopic (exact) mass is 231 g/mol. The Morgan fingerprint density at radius 3 is 3.00 bits per heavy atom. The molecule has 0 aliphatic carbocycles. The summed E-state index contributed by atoms with van der Waals surface area (Å²) in [4.78, 5) is 0. The molecule has 0 aliphatic heterocycles. The van der Waals surface area contributed by atoms with Crippen LogP contribution in [-0.2, 0) is 6.54 Å². The summed E-state index contributed by atoms with van der Waals surface area (Å²) in [5, 5.41) is 3.87. The highest BCUT2D eigenvalue weighted by Crippen LogP contribution is 2.10. The van der Waals surface area contributed by atoms with Gasteiger partial charge in [-0.05, 0) is 24.0 Å². The fourth-order valence-electron chi connectivity index (χ4n) is 0.893. The maximum Gasteiger partial charge on any atom is 0.133 e. The minimum Gasteiger partial charge on any atom is -0.367 e. The van der Waals surface area contributed by atoms with E-state index in [2.05, 4.69) is 5.32 Å². The fraction of sp³-hybridized carbons (Fsp3) is 0.222. The number of thiocarbonyl (C=S) groups is 1. The van der Waals surface area contributed by atoms with Crippen molar-refractivity contribution < 1.29 is 0 Å². The Morgan fingerprint density at radius 1 is 1.62 bits per heavy atom. The van der Waals surface area contributed by atoms with Gasteiger partial charge in [-0.3, -0.25) is 0 Å². The van der Waals surface area contributed by atoms with E-state index in [1.165, 1.54) is 11.8 Å². The summed E-state index contributed by atoms with van der Waals surface area (Å²) in [5.74, 6) is 0. The summed E-state index contributed by atoms with van der Waals surface area (Å²) in [6.07, 6.45) is 1.95. The lowest BCUT2D eigenvalue weighted by Crippen LogP contribution is -2.16. The Kier molecular flexibility index (Phi) is 4.56. The van der Waals surface area contributed by atoms with E-state index in [0.29, 0.717) is 0 Å². The van der Waals surface area contributed by atoms with E-state index in [0.717, 1.165) is 21.5 Å². The summed E-state index contributed by atoms with van der Waals surface area (Å²) >= 11 is 12.4. The molecule has 0 aromatic heterocycles. The second-order valence-electron chi connectivity index (χ2n) is 2.48. The molecule has 1 N–H and O–H groups in total. The van der Waals surface area contributed by atoms with Gasteiger partial charge in [-0.2, -0.15) is 0 Å². The van der Waals surface area contributed by atoms with Crippen molar-refractivity contribution in [3.63, 3.8) is 0 Å². The summed E-state index contributed by atoms with van der Waals surface area (Å²) < 4.78 is 0.806. The van der Waals surface area contributed by atoms with Gasteiger partial charge in [0.15, 0.2) is 0 Å². The largest absolute Gasteiger partial charge is 0.367 e. The molecule has 0 radical (unpaired) electrons. The maximum atomic E-state index is 5.83. The molecule has 70 valence electrons. The molecule has 1 rings (SSSR count). The van der Waals surface area contributed by atoms with Crippen LogP contribution in [0.15, 0.2) is 24.3 Å². The van der Waals surface area contributed by atoms with E-state index in [-0.39, 0.29) is 0 Å². The SMILES string of the molecule is CSC(=S)NCc1cccc(Cl)c1. The van der Waals surface area contributed by atoms with Crippen LogP contribution in [0, 0.1) is 0 Å². The molecule has 0 atom stereocenters. The lowest BCUT2D eigenvalue weighted by atomic mass is 10.2. The number of hydrogen-bond donors (Lipinski definition) is 1. The van der Waals surface area contributed by atoms with Crippen LogP contribution in [0.2, 0.25) is 5.02 Å². The molecule has 0 fully saturated rings. The normalized spacial score (nSPS) is 9.69. The van der Waals surface area contributed by atoms with Crippen molar-refractivity contribution in [3.05, 3.63) is 34.9 Å². The molecule has 0 spiro atoms. The number of benzene rings is 1. The molecular formula is C9H10ClNS2. The molecule has 1 aromatic rings. The lowest BCUT2D eigenvalue weighted by molar-refractivity contribution is 0.940. The first-order valence-electron chi connectivity index (χ1n) is 3.78. The van der Waals surface area contributed by atoms with Crippen LogP contribution in [0.25, 0.3) is 0 Å². The Bertz CT molecular complexity index is 301. The second-order valence-corrected chi connectivity index (χ2v) is 4.39. The van der Waals surface area contributed by atoms with E-state index in [1.807, 2.05) is 30.5 Å². The number of hydrogen-bond acceptors (Lipinski definition) is 2. The van der Waals surface area contributed by atoms with E-state index >= 15 is 0 Å². The van der Waals surface area contributed by atoms with Crippen LogP contribution < -0.4 is 5.32 Å². The third-order valence-electron chi connectivity index (χ3n) is 1.51. The second kappa shape index (κ2) is 5.47. The van der Waals surface area contributed by atoms with Gasteiger partial charge < -0.3 is 5.32 Å². The van der Waals surface area contributed by atoms with E-state index < -0.39 is 0 Å². The Hall–Kier alpha value is -0.250. The van der Waals surface area contributed by atoms with Gasteiger partial charge in [0.1, 0.15) is 4.32 Å².